The van der Waals surface area contributed by atoms with Gasteiger partial charge in [0.2, 0.25) is 0 Å². The Morgan fingerprint density at radius 1 is 1.10 bits per heavy atom. The molecule has 6 heteroatoms. The third-order valence-electron chi connectivity index (χ3n) is 2.32. The van der Waals surface area contributed by atoms with Crippen LogP contribution < -0.4 is 4.74 Å². The largest absolute Gasteiger partial charge is 0.497 e. The first-order valence-corrected chi connectivity index (χ1v) is 9.81. The number of carboxylic acid groups (broad SMARTS) is 2. The maximum absolute atomic E-state index is 10.8. The van der Waals surface area contributed by atoms with Crippen LogP contribution in [0.25, 0.3) is 6.08 Å². The van der Waals surface area contributed by atoms with Crippen LogP contribution in [0.15, 0.2) is 29.8 Å². The predicted octanol–water partition coefficient (Wildman–Crippen LogP) is 2.50. The van der Waals surface area contributed by atoms with Crippen LogP contribution in [-0.2, 0) is 9.59 Å². The Labute approximate surface area is 118 Å². The molecule has 0 aliphatic carbocycles. The molecular formula is C14H18O5Si. The minimum absolute atomic E-state index is 0.505. The number of carbonyl (C=O) groups is 2. The maximum Gasteiger partial charge on any atom is 0.343 e. The normalized spacial score (nSPS) is 10.8. The third-order valence-corrected chi connectivity index (χ3v) is 3.33. The molecule has 108 valence electrons. The van der Waals surface area contributed by atoms with E-state index >= 15 is 0 Å². The highest BCUT2D eigenvalue weighted by molar-refractivity contribution is 6.76. The molecule has 0 aliphatic heterocycles. The van der Waals surface area contributed by atoms with Crippen LogP contribution in [0.4, 0.5) is 0 Å². The summed E-state index contributed by atoms with van der Waals surface area (Å²) in [5.41, 5.74) is -0.161. The van der Waals surface area contributed by atoms with Gasteiger partial charge in [-0.1, -0.05) is 31.8 Å². The Morgan fingerprint density at radius 3 is 2.00 bits per heavy atom. The van der Waals surface area contributed by atoms with E-state index in [0.29, 0.717) is 17.5 Å². The van der Waals surface area contributed by atoms with Crippen LogP contribution in [0.2, 0.25) is 19.6 Å². The lowest BCUT2D eigenvalue weighted by atomic mass is 10.1. The number of benzene rings is 1. The minimum Gasteiger partial charge on any atom is -0.497 e. The fourth-order valence-corrected chi connectivity index (χ4v) is 1.94. The summed E-state index contributed by atoms with van der Waals surface area (Å²) in [4.78, 5) is 21.5. The Hall–Kier alpha value is -2.08. The van der Waals surface area contributed by atoms with Gasteiger partial charge in [-0.25, -0.2) is 9.59 Å². The van der Waals surface area contributed by atoms with Gasteiger partial charge in [-0.15, -0.1) is 0 Å². The van der Waals surface area contributed by atoms with Gasteiger partial charge in [0.1, 0.15) is 11.3 Å². The molecule has 0 fully saturated rings. The topological polar surface area (TPSA) is 83.8 Å². The summed E-state index contributed by atoms with van der Waals surface area (Å²) in [7, 11) is -1.30. The van der Waals surface area contributed by atoms with E-state index in [1.165, 1.54) is 0 Å². The highest BCUT2D eigenvalue weighted by atomic mass is 28.3. The van der Waals surface area contributed by atoms with Gasteiger partial charge in [-0.05, 0) is 23.8 Å². The second kappa shape index (κ2) is 6.38. The zero-order chi connectivity index (χ0) is 15.3. The van der Waals surface area contributed by atoms with Gasteiger partial charge in [0.25, 0.3) is 0 Å². The first-order valence-electron chi connectivity index (χ1n) is 6.10. The van der Waals surface area contributed by atoms with Crippen molar-refractivity contribution in [3.05, 3.63) is 35.4 Å². The fourth-order valence-electron chi connectivity index (χ4n) is 1.34. The van der Waals surface area contributed by atoms with Gasteiger partial charge in [0.05, 0.1) is 14.3 Å². The van der Waals surface area contributed by atoms with Gasteiger partial charge in [-0.3, -0.25) is 0 Å². The second-order valence-corrected chi connectivity index (χ2v) is 11.0. The molecule has 0 saturated carbocycles. The number of rotatable bonds is 6. The molecule has 0 radical (unpaired) electrons. The van der Waals surface area contributed by atoms with Crippen LogP contribution in [0.3, 0.4) is 0 Å². The number of hydrogen-bond donors (Lipinski definition) is 2. The first kappa shape index (κ1) is 16.0. The second-order valence-electron chi connectivity index (χ2n) is 5.59. The summed E-state index contributed by atoms with van der Waals surface area (Å²) >= 11 is 0. The monoisotopic (exact) mass is 294 g/mol. The Kier molecular flexibility index (Phi) is 5.10. The van der Waals surface area contributed by atoms with Crippen molar-refractivity contribution >= 4 is 26.1 Å². The molecule has 0 atom stereocenters. The predicted molar refractivity (Wildman–Crippen MR) is 78.5 cm³/mol. The molecule has 0 spiro atoms. The molecule has 0 aromatic heterocycles. The van der Waals surface area contributed by atoms with E-state index in [-0.39, 0.29) is 0 Å². The molecule has 5 nitrogen and oxygen atoms in total. The Bertz CT molecular complexity index is 509. The maximum atomic E-state index is 10.8. The first-order chi connectivity index (χ1) is 9.19. The molecule has 1 rings (SSSR count). The summed E-state index contributed by atoms with van der Waals surface area (Å²) < 4.78 is 5.63. The van der Waals surface area contributed by atoms with E-state index in [9.17, 15) is 9.59 Å². The van der Waals surface area contributed by atoms with E-state index in [2.05, 4.69) is 19.6 Å². The number of aliphatic carboxylic acids is 2. The van der Waals surface area contributed by atoms with Gasteiger partial charge in [0.15, 0.2) is 0 Å². The molecule has 1 aromatic carbocycles. The number of ether oxygens (including phenoxy) is 1. The lowest BCUT2D eigenvalue weighted by Gasteiger charge is -2.16. The summed E-state index contributed by atoms with van der Waals surface area (Å²) in [6.07, 6.45) is 1.81. The molecule has 0 amide bonds. The molecule has 0 heterocycles. The van der Waals surface area contributed by atoms with Crippen molar-refractivity contribution in [1.29, 1.82) is 0 Å². The summed E-state index contributed by atoms with van der Waals surface area (Å²) in [6, 6.07) is 6.66. The zero-order valence-corrected chi connectivity index (χ0v) is 12.7. The Balaban J connectivity index is 2.83. The standard InChI is InChI=1S/C14H18O5Si/c1-20(2,3)9-19-11-6-4-10(5-7-11)8-12(13(15)16)14(17)18/h4-8H,9H2,1-3H3,(H,15,16)(H,17,18). The average molecular weight is 294 g/mol. The molecule has 20 heavy (non-hydrogen) atoms. The van der Waals surface area contributed by atoms with E-state index < -0.39 is 25.6 Å². The van der Waals surface area contributed by atoms with Crippen molar-refractivity contribution in [2.24, 2.45) is 0 Å². The van der Waals surface area contributed by atoms with Crippen molar-refractivity contribution in [3.8, 4) is 5.75 Å². The third kappa shape index (κ3) is 5.27. The molecule has 0 bridgehead atoms. The van der Waals surface area contributed by atoms with Gasteiger partial charge in [-0.2, -0.15) is 0 Å². The van der Waals surface area contributed by atoms with Crippen molar-refractivity contribution in [3.63, 3.8) is 0 Å². The minimum atomic E-state index is -1.46. The molecule has 0 unspecified atom stereocenters. The number of carboxylic acids is 2. The van der Waals surface area contributed by atoms with Crippen molar-refractivity contribution in [1.82, 2.24) is 0 Å². The highest BCUT2D eigenvalue weighted by Crippen LogP contribution is 2.16. The van der Waals surface area contributed by atoms with Crippen LogP contribution in [0, 0.1) is 0 Å². The lowest BCUT2D eigenvalue weighted by Crippen LogP contribution is -2.29. The van der Waals surface area contributed by atoms with Crippen molar-refractivity contribution < 1.29 is 24.5 Å². The van der Waals surface area contributed by atoms with Crippen molar-refractivity contribution in [2.45, 2.75) is 19.6 Å². The van der Waals surface area contributed by atoms with Crippen LogP contribution >= 0.6 is 0 Å². The van der Waals surface area contributed by atoms with E-state index in [1.807, 2.05) is 0 Å². The summed E-state index contributed by atoms with van der Waals surface area (Å²) in [5.74, 6) is -2.23. The van der Waals surface area contributed by atoms with Gasteiger partial charge in [0, 0.05) is 0 Å². The highest BCUT2D eigenvalue weighted by Gasteiger charge is 2.16. The van der Waals surface area contributed by atoms with Crippen LogP contribution in [-0.4, -0.2) is 36.5 Å². The van der Waals surface area contributed by atoms with Gasteiger partial charge < -0.3 is 14.9 Å². The molecule has 1 aromatic rings. The van der Waals surface area contributed by atoms with E-state index in [4.69, 9.17) is 14.9 Å². The summed E-state index contributed by atoms with van der Waals surface area (Å²) in [6.45, 7) is 6.57. The van der Waals surface area contributed by atoms with Crippen LogP contribution in [0.5, 0.6) is 5.75 Å². The van der Waals surface area contributed by atoms with Gasteiger partial charge >= 0.3 is 11.9 Å². The average Bonchev–Trinajstić information content (AvgIpc) is 2.33. The van der Waals surface area contributed by atoms with E-state index in [0.717, 1.165) is 6.08 Å². The quantitative estimate of drug-likeness (QED) is 0.364. The molecule has 0 saturated heterocycles. The van der Waals surface area contributed by atoms with Crippen LogP contribution in [0.1, 0.15) is 5.56 Å². The van der Waals surface area contributed by atoms with Crippen molar-refractivity contribution in [2.75, 3.05) is 6.23 Å². The lowest BCUT2D eigenvalue weighted by molar-refractivity contribution is -0.140. The smallest absolute Gasteiger partial charge is 0.343 e. The fraction of sp³-hybridized carbons (Fsp3) is 0.286. The molecule has 0 aliphatic rings. The summed E-state index contributed by atoms with van der Waals surface area (Å²) in [5, 5.41) is 17.5. The zero-order valence-electron chi connectivity index (χ0n) is 11.7. The molecule has 2 N–H and O–H groups in total. The Morgan fingerprint density at radius 2 is 1.60 bits per heavy atom. The molecular weight excluding hydrogens is 276 g/mol. The number of hydrogen-bond acceptors (Lipinski definition) is 3. The SMILES string of the molecule is C[Si](C)(C)COc1ccc(C=C(C(=O)O)C(=O)O)cc1. The van der Waals surface area contributed by atoms with E-state index in [1.54, 1.807) is 24.3 Å².